The quantitative estimate of drug-likeness (QED) is 0.234. The standard InChI is InChI=1S/C30H40FN2O5P/c1-7-39(35,36)19-29(34)23-9-8-10-25(14-23)38-18-22-11-12-26(27-15-30(37-6)32-16-28(27)31)24(13-22)17-33(20(2)3)21(4)5/h8-16,20-21,29,34H,7,17-19H2,1-6H3,(H,35,36)/t29-/m1/s1. The fourth-order valence-corrected chi connectivity index (χ4v) is 5.52. The molecule has 7 nitrogen and oxygen atoms in total. The summed E-state index contributed by atoms with van der Waals surface area (Å²) in [7, 11) is -1.87. The second kappa shape index (κ2) is 13.5. The van der Waals surface area contributed by atoms with Gasteiger partial charge in [-0.15, -0.1) is 0 Å². The van der Waals surface area contributed by atoms with Gasteiger partial charge < -0.3 is 19.5 Å². The van der Waals surface area contributed by atoms with Crippen molar-refractivity contribution in [2.24, 2.45) is 0 Å². The number of nitrogens with zero attached hydrogens (tertiary/aromatic N) is 2. The van der Waals surface area contributed by atoms with Gasteiger partial charge in [-0.25, -0.2) is 9.37 Å². The molecule has 0 aliphatic heterocycles. The zero-order valence-electron chi connectivity index (χ0n) is 23.6. The third-order valence-electron chi connectivity index (χ3n) is 6.78. The molecule has 0 amide bonds. The third kappa shape index (κ3) is 8.36. The number of ether oxygens (including phenoxy) is 2. The van der Waals surface area contributed by atoms with Crippen molar-refractivity contribution in [3.05, 3.63) is 77.2 Å². The molecule has 0 aliphatic rings. The monoisotopic (exact) mass is 558 g/mol. The van der Waals surface area contributed by atoms with Gasteiger partial charge in [0, 0.05) is 36.4 Å². The fraction of sp³-hybridized carbons (Fsp3) is 0.433. The number of aliphatic hydroxyl groups is 1. The normalized spacial score (nSPS) is 14.1. The Morgan fingerprint density at radius 1 is 1.05 bits per heavy atom. The highest BCUT2D eigenvalue weighted by Gasteiger charge is 2.22. The van der Waals surface area contributed by atoms with Crippen LogP contribution in [0.3, 0.4) is 0 Å². The first kappa shape index (κ1) is 30.8. The van der Waals surface area contributed by atoms with Crippen molar-refractivity contribution in [2.75, 3.05) is 19.4 Å². The molecule has 212 valence electrons. The lowest BCUT2D eigenvalue weighted by Crippen LogP contribution is -2.36. The van der Waals surface area contributed by atoms with E-state index < -0.39 is 19.3 Å². The van der Waals surface area contributed by atoms with Crippen LogP contribution in [0.1, 0.15) is 57.4 Å². The number of hydrogen-bond donors (Lipinski definition) is 2. The van der Waals surface area contributed by atoms with Gasteiger partial charge in [0.15, 0.2) is 0 Å². The molecule has 0 radical (unpaired) electrons. The van der Waals surface area contributed by atoms with E-state index in [4.69, 9.17) is 9.47 Å². The van der Waals surface area contributed by atoms with Crippen LogP contribution in [0, 0.1) is 5.82 Å². The van der Waals surface area contributed by atoms with E-state index >= 15 is 0 Å². The van der Waals surface area contributed by atoms with Crippen molar-refractivity contribution in [3.8, 4) is 22.8 Å². The molecule has 0 saturated carbocycles. The van der Waals surface area contributed by atoms with Gasteiger partial charge in [-0.1, -0.05) is 37.3 Å². The molecule has 9 heteroatoms. The van der Waals surface area contributed by atoms with Crippen molar-refractivity contribution >= 4 is 7.37 Å². The molecule has 0 bridgehead atoms. The molecule has 0 aliphatic carbocycles. The van der Waals surface area contributed by atoms with Gasteiger partial charge in [0.05, 0.1) is 25.6 Å². The van der Waals surface area contributed by atoms with Gasteiger partial charge in [0.2, 0.25) is 13.2 Å². The summed E-state index contributed by atoms with van der Waals surface area (Å²) in [6, 6.07) is 14.9. The van der Waals surface area contributed by atoms with Crippen molar-refractivity contribution in [2.45, 2.75) is 66.0 Å². The van der Waals surface area contributed by atoms with Gasteiger partial charge in [-0.05, 0) is 62.1 Å². The predicted octanol–water partition coefficient (Wildman–Crippen LogP) is 6.42. The van der Waals surface area contributed by atoms with Crippen LogP contribution in [-0.4, -0.2) is 51.4 Å². The maximum atomic E-state index is 14.9. The average Bonchev–Trinajstić information content (AvgIpc) is 2.90. The number of aliphatic hydroxyl groups excluding tert-OH is 1. The topological polar surface area (TPSA) is 92.1 Å². The van der Waals surface area contributed by atoms with E-state index in [1.165, 1.54) is 13.3 Å². The Kier molecular flexibility index (Phi) is 10.7. The van der Waals surface area contributed by atoms with Gasteiger partial charge in [0.1, 0.15) is 18.2 Å². The molecule has 1 heterocycles. The number of hydrogen-bond acceptors (Lipinski definition) is 6. The summed E-state index contributed by atoms with van der Waals surface area (Å²) in [5, 5.41) is 10.5. The van der Waals surface area contributed by atoms with E-state index in [0.29, 0.717) is 29.3 Å². The number of rotatable bonds is 13. The van der Waals surface area contributed by atoms with E-state index in [9.17, 15) is 19.0 Å². The van der Waals surface area contributed by atoms with Gasteiger partial charge in [0.25, 0.3) is 0 Å². The average molecular weight is 559 g/mol. The molecule has 0 fully saturated rings. The lowest BCUT2D eigenvalue weighted by Gasteiger charge is -2.31. The highest BCUT2D eigenvalue weighted by molar-refractivity contribution is 7.57. The largest absolute Gasteiger partial charge is 0.489 e. The second-order valence-corrected chi connectivity index (χ2v) is 13.0. The smallest absolute Gasteiger partial charge is 0.213 e. The van der Waals surface area contributed by atoms with E-state index in [2.05, 4.69) is 37.6 Å². The minimum absolute atomic E-state index is 0.111. The molecular weight excluding hydrogens is 518 g/mol. The molecule has 3 rings (SSSR count). The summed E-state index contributed by atoms with van der Waals surface area (Å²) in [5.74, 6) is 0.456. The summed E-state index contributed by atoms with van der Waals surface area (Å²) in [6.45, 7) is 11.1. The second-order valence-electron chi connectivity index (χ2n) is 10.3. The highest BCUT2D eigenvalue weighted by Crippen LogP contribution is 2.43. The van der Waals surface area contributed by atoms with Crippen LogP contribution < -0.4 is 9.47 Å². The van der Waals surface area contributed by atoms with Gasteiger partial charge >= 0.3 is 0 Å². The van der Waals surface area contributed by atoms with Crippen LogP contribution in [0.15, 0.2) is 54.7 Å². The van der Waals surface area contributed by atoms with Crippen LogP contribution in [-0.2, 0) is 17.7 Å². The van der Waals surface area contributed by atoms with Crippen molar-refractivity contribution in [3.63, 3.8) is 0 Å². The Balaban J connectivity index is 1.90. The van der Waals surface area contributed by atoms with Crippen LogP contribution in [0.2, 0.25) is 0 Å². The van der Waals surface area contributed by atoms with Crippen LogP contribution in [0.4, 0.5) is 4.39 Å². The maximum Gasteiger partial charge on any atom is 0.213 e. The molecule has 39 heavy (non-hydrogen) atoms. The number of aromatic nitrogens is 1. The summed E-state index contributed by atoms with van der Waals surface area (Å²) < 4.78 is 38.3. The van der Waals surface area contributed by atoms with Gasteiger partial charge in [-0.3, -0.25) is 9.46 Å². The molecule has 3 aromatic rings. The zero-order chi connectivity index (χ0) is 28.7. The molecule has 0 spiro atoms. The predicted molar refractivity (Wildman–Crippen MR) is 153 cm³/mol. The summed E-state index contributed by atoms with van der Waals surface area (Å²) in [6.07, 6.45) is 0.0336. The Labute approximate surface area is 231 Å². The Bertz CT molecular complexity index is 1290. The van der Waals surface area contributed by atoms with Crippen molar-refractivity contribution < 1.29 is 28.4 Å². The molecule has 2 atom stereocenters. The third-order valence-corrected chi connectivity index (χ3v) is 8.68. The van der Waals surface area contributed by atoms with E-state index in [0.717, 1.165) is 16.7 Å². The lowest BCUT2D eigenvalue weighted by molar-refractivity contribution is 0.166. The first-order valence-corrected chi connectivity index (χ1v) is 15.3. The number of pyridine rings is 1. The molecule has 2 aromatic carbocycles. The first-order valence-electron chi connectivity index (χ1n) is 13.2. The first-order chi connectivity index (χ1) is 18.4. The van der Waals surface area contributed by atoms with Gasteiger partial charge in [-0.2, -0.15) is 0 Å². The molecule has 1 aromatic heterocycles. The van der Waals surface area contributed by atoms with E-state index in [-0.39, 0.29) is 31.0 Å². The fourth-order valence-electron chi connectivity index (χ4n) is 4.51. The minimum atomic E-state index is -3.38. The number of halogens is 1. The Morgan fingerprint density at radius 3 is 2.41 bits per heavy atom. The summed E-state index contributed by atoms with van der Waals surface area (Å²) in [4.78, 5) is 16.2. The van der Waals surface area contributed by atoms with E-state index in [1.54, 1.807) is 37.3 Å². The lowest BCUT2D eigenvalue weighted by atomic mass is 9.96. The maximum absolute atomic E-state index is 14.9. The Hall–Kier alpha value is -2.77. The molecule has 1 unspecified atom stereocenters. The van der Waals surface area contributed by atoms with E-state index in [1.807, 2.05) is 18.2 Å². The minimum Gasteiger partial charge on any atom is -0.489 e. The van der Waals surface area contributed by atoms with Crippen LogP contribution in [0.25, 0.3) is 11.1 Å². The number of methoxy groups -OCH3 is 1. The van der Waals surface area contributed by atoms with Crippen molar-refractivity contribution in [1.82, 2.24) is 9.88 Å². The molecule has 2 N–H and O–H groups in total. The SMILES string of the molecule is CCP(=O)(O)C[C@@H](O)c1cccc(OCc2ccc(-c3cc(OC)ncc3F)c(CN(C(C)C)C(C)C)c2)c1. The molecular formula is C30H40FN2O5P. The summed E-state index contributed by atoms with van der Waals surface area (Å²) in [5.41, 5.74) is 3.56. The van der Waals surface area contributed by atoms with Crippen molar-refractivity contribution in [1.29, 1.82) is 0 Å². The molecule has 0 saturated heterocycles. The van der Waals surface area contributed by atoms with Crippen LogP contribution >= 0.6 is 7.37 Å². The van der Waals surface area contributed by atoms with Crippen LogP contribution in [0.5, 0.6) is 11.6 Å². The Morgan fingerprint density at radius 2 is 1.77 bits per heavy atom. The number of benzene rings is 2. The zero-order valence-corrected chi connectivity index (χ0v) is 24.5. The highest BCUT2D eigenvalue weighted by atomic mass is 31.2. The summed E-state index contributed by atoms with van der Waals surface area (Å²) >= 11 is 0.